The highest BCUT2D eigenvalue weighted by atomic mass is 19.1. The third-order valence-electron chi connectivity index (χ3n) is 5.51. The highest BCUT2D eigenvalue weighted by Crippen LogP contribution is 2.28. The minimum Gasteiger partial charge on any atom is -0.322 e. The smallest absolute Gasteiger partial charge is 0.238 e. The van der Waals surface area contributed by atoms with Crippen LogP contribution in [0.1, 0.15) is 35.8 Å². The lowest BCUT2D eigenvalue weighted by Crippen LogP contribution is -2.39. The van der Waals surface area contributed by atoms with E-state index in [1.54, 1.807) is 18.2 Å². The zero-order valence-electron chi connectivity index (χ0n) is 18.3. The van der Waals surface area contributed by atoms with Crippen molar-refractivity contribution in [1.29, 1.82) is 0 Å². The van der Waals surface area contributed by atoms with Gasteiger partial charge in [0, 0.05) is 23.0 Å². The van der Waals surface area contributed by atoms with E-state index in [-0.39, 0.29) is 18.1 Å². The van der Waals surface area contributed by atoms with Gasteiger partial charge < -0.3 is 10.6 Å². The van der Waals surface area contributed by atoms with E-state index in [4.69, 9.17) is 4.98 Å². The molecule has 0 radical (unpaired) electrons. The lowest BCUT2D eigenvalue weighted by atomic mass is 9.93. The topological polar surface area (TPSA) is 83.0 Å². The molecule has 1 saturated heterocycles. The van der Waals surface area contributed by atoms with E-state index in [9.17, 15) is 9.18 Å². The predicted octanol–water partition coefficient (Wildman–Crippen LogP) is 4.19. The number of likely N-dealkylation sites (tertiary alicyclic amines) is 1. The molecule has 32 heavy (non-hydrogen) atoms. The number of rotatable bonds is 6. The van der Waals surface area contributed by atoms with Crippen LogP contribution < -0.4 is 10.6 Å². The van der Waals surface area contributed by atoms with Gasteiger partial charge in [0.05, 0.1) is 12.2 Å². The Bertz CT molecular complexity index is 1080. The molecule has 2 N–H and O–H groups in total. The van der Waals surface area contributed by atoms with Gasteiger partial charge in [-0.2, -0.15) is 0 Å². The van der Waals surface area contributed by atoms with Crippen LogP contribution in [0.5, 0.6) is 0 Å². The zero-order chi connectivity index (χ0) is 22.5. The van der Waals surface area contributed by atoms with Crippen LogP contribution in [0.4, 0.5) is 21.8 Å². The lowest BCUT2D eigenvalue weighted by Gasteiger charge is -2.31. The van der Waals surface area contributed by atoms with E-state index in [2.05, 4.69) is 25.5 Å². The first-order chi connectivity index (χ1) is 15.5. The molecule has 0 atom stereocenters. The third-order valence-corrected chi connectivity index (χ3v) is 5.51. The van der Waals surface area contributed by atoms with Crippen LogP contribution in [-0.2, 0) is 4.79 Å². The van der Waals surface area contributed by atoms with Crippen molar-refractivity contribution in [3.05, 3.63) is 71.4 Å². The van der Waals surface area contributed by atoms with Crippen LogP contribution in [0.2, 0.25) is 0 Å². The molecule has 1 aliphatic heterocycles. The zero-order valence-corrected chi connectivity index (χ0v) is 18.3. The maximum Gasteiger partial charge on any atom is 0.238 e. The number of amides is 1. The highest BCUT2D eigenvalue weighted by molar-refractivity contribution is 5.92. The fourth-order valence-electron chi connectivity index (χ4n) is 3.99. The third kappa shape index (κ3) is 5.64. The fraction of sp³-hybridized carbons (Fsp3) is 0.333. The van der Waals surface area contributed by atoms with E-state index in [0.29, 0.717) is 11.9 Å². The van der Waals surface area contributed by atoms with Crippen LogP contribution in [0, 0.1) is 19.7 Å². The van der Waals surface area contributed by atoms with Gasteiger partial charge in [-0.05, 0) is 70.1 Å². The Morgan fingerprint density at radius 3 is 2.47 bits per heavy atom. The maximum atomic E-state index is 13.7. The van der Waals surface area contributed by atoms with Gasteiger partial charge in [0.25, 0.3) is 0 Å². The van der Waals surface area contributed by atoms with Crippen LogP contribution in [0.25, 0.3) is 0 Å². The van der Waals surface area contributed by atoms with Gasteiger partial charge in [-0.1, -0.05) is 18.2 Å². The van der Waals surface area contributed by atoms with Crippen molar-refractivity contribution in [1.82, 2.24) is 19.9 Å². The van der Waals surface area contributed by atoms with Crippen molar-refractivity contribution in [3.8, 4) is 0 Å². The summed E-state index contributed by atoms with van der Waals surface area (Å²) in [6, 6.07) is 14.1. The second-order valence-corrected chi connectivity index (χ2v) is 8.13. The van der Waals surface area contributed by atoms with Crippen molar-refractivity contribution in [2.45, 2.75) is 32.6 Å². The van der Waals surface area contributed by atoms with Crippen molar-refractivity contribution in [3.63, 3.8) is 0 Å². The second-order valence-electron chi connectivity index (χ2n) is 8.13. The van der Waals surface area contributed by atoms with E-state index in [1.807, 2.05) is 38.1 Å². The Morgan fingerprint density at radius 2 is 1.75 bits per heavy atom. The van der Waals surface area contributed by atoms with Crippen LogP contribution in [0.15, 0.2) is 48.5 Å². The fourth-order valence-corrected chi connectivity index (χ4v) is 3.99. The van der Waals surface area contributed by atoms with E-state index < -0.39 is 5.82 Å². The van der Waals surface area contributed by atoms with Gasteiger partial charge in [0.1, 0.15) is 11.6 Å². The summed E-state index contributed by atoms with van der Waals surface area (Å²) in [4.78, 5) is 28.0. The number of hydrogen-bond donors (Lipinski definition) is 2. The van der Waals surface area contributed by atoms with Gasteiger partial charge in [-0.3, -0.25) is 9.69 Å². The summed E-state index contributed by atoms with van der Waals surface area (Å²) in [5.74, 6) is 0.960. The number of nitrogens with zero attached hydrogens (tertiary/aromatic N) is 4. The molecule has 0 saturated carbocycles. The number of pyridine rings is 1. The summed E-state index contributed by atoms with van der Waals surface area (Å²) in [5.41, 5.74) is 3.05. The highest BCUT2D eigenvalue weighted by Gasteiger charge is 2.23. The summed E-state index contributed by atoms with van der Waals surface area (Å²) in [7, 11) is 0. The number of para-hydroxylation sites is 1. The molecule has 0 bridgehead atoms. The Morgan fingerprint density at radius 1 is 1.03 bits per heavy atom. The Balaban J connectivity index is 1.31. The normalized spacial score (nSPS) is 14.8. The largest absolute Gasteiger partial charge is 0.322 e. The van der Waals surface area contributed by atoms with E-state index >= 15 is 0 Å². The van der Waals surface area contributed by atoms with Gasteiger partial charge >= 0.3 is 0 Å². The first-order valence-electron chi connectivity index (χ1n) is 10.8. The molecule has 0 aliphatic carbocycles. The number of carbonyl (C=O) groups excluding carboxylic acids is 1. The Kier molecular flexibility index (Phi) is 6.70. The maximum absolute atomic E-state index is 13.7. The molecule has 2 aromatic heterocycles. The molecule has 3 aromatic rings. The number of hydrogen-bond acceptors (Lipinski definition) is 6. The minimum atomic E-state index is -0.426. The predicted molar refractivity (Wildman–Crippen MR) is 122 cm³/mol. The minimum absolute atomic E-state index is 0.202. The molecule has 3 heterocycles. The molecular weight excluding hydrogens is 407 g/mol. The number of aromatic nitrogens is 3. The number of nitrogens with one attached hydrogen (secondary N) is 2. The molecule has 0 spiro atoms. The lowest BCUT2D eigenvalue weighted by molar-refractivity contribution is -0.117. The quantitative estimate of drug-likeness (QED) is 0.605. The van der Waals surface area contributed by atoms with Crippen LogP contribution in [0.3, 0.4) is 0 Å². The average Bonchev–Trinajstić information content (AvgIpc) is 2.75. The molecular formula is C24H27FN6O. The van der Waals surface area contributed by atoms with Gasteiger partial charge in [0.15, 0.2) is 0 Å². The molecule has 4 rings (SSSR count). The number of benzene rings is 1. The number of carbonyl (C=O) groups is 1. The molecule has 0 unspecified atom stereocenters. The standard InChI is InChI=1S/C24H27FN6O/c1-16-14-17(2)27-24(26-16)30-22-9-5-8-20(28-22)18-10-12-31(13-11-18)15-23(32)29-21-7-4-3-6-19(21)25/h3-9,14,18H,10-13,15H2,1-2H3,(H,29,32)(H,26,27,28,30). The van der Waals surface area contributed by atoms with Crippen molar-refractivity contribution >= 4 is 23.4 Å². The Labute approximate surface area is 187 Å². The molecule has 1 aromatic carbocycles. The first-order valence-corrected chi connectivity index (χ1v) is 10.8. The number of aryl methyl sites for hydroxylation is 2. The number of anilines is 3. The molecule has 1 fully saturated rings. The second kappa shape index (κ2) is 9.82. The van der Waals surface area contributed by atoms with Crippen LogP contribution >= 0.6 is 0 Å². The summed E-state index contributed by atoms with van der Waals surface area (Å²) in [6.07, 6.45) is 1.81. The van der Waals surface area contributed by atoms with Crippen molar-refractivity contribution in [2.24, 2.45) is 0 Å². The summed E-state index contributed by atoms with van der Waals surface area (Å²) < 4.78 is 13.7. The van der Waals surface area contributed by atoms with E-state index in [0.717, 1.165) is 48.8 Å². The Hall–Kier alpha value is -3.39. The SMILES string of the molecule is Cc1cc(C)nc(Nc2cccc(C3CCN(CC(=O)Nc4ccccc4F)CC3)n2)n1. The van der Waals surface area contributed by atoms with Gasteiger partial charge in [-0.25, -0.2) is 19.3 Å². The number of halogens is 1. The average molecular weight is 435 g/mol. The molecule has 1 amide bonds. The molecule has 1 aliphatic rings. The summed E-state index contributed by atoms with van der Waals surface area (Å²) in [5, 5.41) is 5.85. The van der Waals surface area contributed by atoms with Crippen LogP contribution in [-0.4, -0.2) is 45.4 Å². The van der Waals surface area contributed by atoms with Crippen molar-refractivity contribution < 1.29 is 9.18 Å². The summed E-state index contributed by atoms with van der Waals surface area (Å²) in [6.45, 7) is 5.70. The summed E-state index contributed by atoms with van der Waals surface area (Å²) >= 11 is 0. The van der Waals surface area contributed by atoms with Gasteiger partial charge in [0.2, 0.25) is 11.9 Å². The monoisotopic (exact) mass is 434 g/mol. The molecule has 166 valence electrons. The first kappa shape index (κ1) is 21.8. The van der Waals surface area contributed by atoms with Gasteiger partial charge in [-0.15, -0.1) is 0 Å². The molecule has 8 heteroatoms. The number of piperidine rings is 1. The van der Waals surface area contributed by atoms with Crippen molar-refractivity contribution in [2.75, 3.05) is 30.3 Å². The van der Waals surface area contributed by atoms with E-state index in [1.165, 1.54) is 6.07 Å². The molecule has 7 nitrogen and oxygen atoms in total.